The monoisotopic (exact) mass is 289 g/mol. The Bertz CT molecular complexity index is 648. The molecule has 1 N–H and O–H groups in total. The number of hydrogen-bond donors (Lipinski definition) is 1. The predicted molar refractivity (Wildman–Crippen MR) is 83.2 cm³/mol. The van der Waals surface area contributed by atoms with Gasteiger partial charge in [-0.15, -0.1) is 0 Å². The molecule has 0 saturated carbocycles. The lowest BCUT2D eigenvalue weighted by Gasteiger charge is -2.13. The van der Waals surface area contributed by atoms with Crippen LogP contribution < -0.4 is 5.32 Å². The normalized spacial score (nSPS) is 11.2. The summed E-state index contributed by atoms with van der Waals surface area (Å²) in [4.78, 5) is 0. The Hall–Kier alpha value is -1.74. The van der Waals surface area contributed by atoms with Gasteiger partial charge in [0.1, 0.15) is 11.6 Å². The van der Waals surface area contributed by atoms with Gasteiger partial charge in [-0.1, -0.05) is 32.0 Å². The topological polar surface area (TPSA) is 12.0 Å². The van der Waals surface area contributed by atoms with Crippen molar-refractivity contribution >= 4 is 0 Å². The summed E-state index contributed by atoms with van der Waals surface area (Å²) in [5.74, 6) is -1.03. The summed E-state index contributed by atoms with van der Waals surface area (Å²) in [6.45, 7) is 8.57. The fraction of sp³-hybridized carbons (Fsp3) is 0.333. The van der Waals surface area contributed by atoms with Gasteiger partial charge in [0.25, 0.3) is 0 Å². The van der Waals surface area contributed by atoms with Crippen LogP contribution in [0.4, 0.5) is 8.78 Å². The zero-order valence-corrected chi connectivity index (χ0v) is 12.9. The second kappa shape index (κ2) is 6.35. The van der Waals surface area contributed by atoms with Gasteiger partial charge < -0.3 is 5.32 Å². The van der Waals surface area contributed by atoms with Crippen molar-refractivity contribution in [2.45, 2.75) is 40.3 Å². The molecule has 2 aromatic carbocycles. The number of hydrogen-bond acceptors (Lipinski definition) is 1. The van der Waals surface area contributed by atoms with Gasteiger partial charge in [-0.05, 0) is 42.2 Å². The second-order valence-electron chi connectivity index (χ2n) is 5.77. The van der Waals surface area contributed by atoms with E-state index in [1.165, 1.54) is 0 Å². The van der Waals surface area contributed by atoms with Gasteiger partial charge in [0.2, 0.25) is 0 Å². The van der Waals surface area contributed by atoms with Crippen molar-refractivity contribution in [1.29, 1.82) is 0 Å². The van der Waals surface area contributed by atoms with Crippen LogP contribution in [0.15, 0.2) is 30.3 Å². The van der Waals surface area contributed by atoms with Crippen LogP contribution in [0.1, 0.15) is 30.5 Å². The molecule has 0 unspecified atom stereocenters. The first-order valence-electron chi connectivity index (χ1n) is 7.17. The van der Waals surface area contributed by atoms with Gasteiger partial charge in [0.15, 0.2) is 0 Å². The number of halogens is 2. The van der Waals surface area contributed by atoms with Crippen molar-refractivity contribution < 1.29 is 8.78 Å². The fourth-order valence-electron chi connectivity index (χ4n) is 2.32. The quantitative estimate of drug-likeness (QED) is 0.856. The van der Waals surface area contributed by atoms with Gasteiger partial charge in [-0.3, -0.25) is 0 Å². The van der Waals surface area contributed by atoms with Gasteiger partial charge in [0, 0.05) is 24.2 Å². The van der Waals surface area contributed by atoms with Crippen LogP contribution in [0, 0.1) is 25.5 Å². The zero-order valence-electron chi connectivity index (χ0n) is 12.9. The van der Waals surface area contributed by atoms with Crippen LogP contribution >= 0.6 is 0 Å². The molecule has 0 heterocycles. The molecule has 0 saturated heterocycles. The summed E-state index contributed by atoms with van der Waals surface area (Å²) in [7, 11) is 0. The van der Waals surface area contributed by atoms with E-state index in [9.17, 15) is 8.78 Å². The van der Waals surface area contributed by atoms with Crippen molar-refractivity contribution in [2.75, 3.05) is 0 Å². The van der Waals surface area contributed by atoms with E-state index in [2.05, 4.69) is 19.2 Å². The standard InChI is InChI=1S/C18H21F2N/c1-11(2)21-10-14-5-6-15(12(3)7-14)16-8-13(4)17(19)9-18(16)20/h5-9,11,21H,10H2,1-4H3. The Kier molecular flexibility index (Phi) is 4.73. The smallest absolute Gasteiger partial charge is 0.133 e. The minimum absolute atomic E-state index is 0.419. The lowest BCUT2D eigenvalue weighted by molar-refractivity contribution is 0.579. The molecule has 1 nitrogen and oxygen atoms in total. The number of aryl methyl sites for hydroxylation is 2. The highest BCUT2D eigenvalue weighted by molar-refractivity contribution is 5.69. The lowest BCUT2D eigenvalue weighted by atomic mass is 9.96. The van der Waals surface area contributed by atoms with Crippen molar-refractivity contribution in [1.82, 2.24) is 5.32 Å². The molecule has 2 aromatic rings. The summed E-state index contributed by atoms with van der Waals surface area (Å²) in [5, 5.41) is 3.35. The molecule has 0 amide bonds. The molecule has 0 radical (unpaired) electrons. The first-order chi connectivity index (χ1) is 9.88. The molecule has 21 heavy (non-hydrogen) atoms. The molecule has 0 atom stereocenters. The minimum Gasteiger partial charge on any atom is -0.310 e. The third kappa shape index (κ3) is 3.67. The predicted octanol–water partition coefficient (Wildman–Crippen LogP) is 4.75. The first-order valence-corrected chi connectivity index (χ1v) is 7.17. The Morgan fingerprint density at radius 1 is 0.905 bits per heavy atom. The van der Waals surface area contributed by atoms with Gasteiger partial charge in [-0.2, -0.15) is 0 Å². The third-order valence-electron chi connectivity index (χ3n) is 3.54. The van der Waals surface area contributed by atoms with E-state index in [-0.39, 0.29) is 0 Å². The fourth-order valence-corrected chi connectivity index (χ4v) is 2.32. The van der Waals surface area contributed by atoms with Crippen molar-refractivity contribution in [3.63, 3.8) is 0 Å². The molecule has 2 rings (SSSR count). The lowest BCUT2D eigenvalue weighted by Crippen LogP contribution is -2.21. The van der Waals surface area contributed by atoms with Crippen LogP contribution in [0.5, 0.6) is 0 Å². The molecular formula is C18H21F2N. The van der Waals surface area contributed by atoms with E-state index in [0.29, 0.717) is 17.2 Å². The van der Waals surface area contributed by atoms with Crippen LogP contribution in [-0.4, -0.2) is 6.04 Å². The van der Waals surface area contributed by atoms with Crippen LogP contribution in [0.2, 0.25) is 0 Å². The van der Waals surface area contributed by atoms with Gasteiger partial charge in [0.05, 0.1) is 0 Å². The number of rotatable bonds is 4. The summed E-state index contributed by atoms with van der Waals surface area (Å²) in [6.07, 6.45) is 0. The van der Waals surface area contributed by atoms with Gasteiger partial charge >= 0.3 is 0 Å². The van der Waals surface area contributed by atoms with E-state index < -0.39 is 11.6 Å². The maximum absolute atomic E-state index is 14.0. The molecule has 0 aliphatic carbocycles. The Morgan fingerprint density at radius 2 is 1.62 bits per heavy atom. The van der Waals surface area contributed by atoms with Crippen LogP contribution in [0.3, 0.4) is 0 Å². The maximum atomic E-state index is 14.0. The second-order valence-corrected chi connectivity index (χ2v) is 5.77. The van der Waals surface area contributed by atoms with Crippen molar-refractivity contribution in [3.8, 4) is 11.1 Å². The van der Waals surface area contributed by atoms with Crippen LogP contribution in [0.25, 0.3) is 11.1 Å². The first kappa shape index (κ1) is 15.6. The summed E-state index contributed by atoms with van der Waals surface area (Å²) < 4.78 is 27.4. The average Bonchev–Trinajstić information content (AvgIpc) is 2.41. The highest BCUT2D eigenvalue weighted by Gasteiger charge is 2.11. The van der Waals surface area contributed by atoms with E-state index in [4.69, 9.17) is 0 Å². The zero-order chi connectivity index (χ0) is 15.6. The van der Waals surface area contributed by atoms with E-state index in [1.807, 2.05) is 25.1 Å². The highest BCUT2D eigenvalue weighted by atomic mass is 19.1. The Morgan fingerprint density at radius 3 is 2.24 bits per heavy atom. The molecular weight excluding hydrogens is 268 g/mol. The number of nitrogens with one attached hydrogen (secondary N) is 1. The summed E-state index contributed by atoms with van der Waals surface area (Å²) in [6, 6.07) is 8.88. The van der Waals surface area contributed by atoms with E-state index >= 15 is 0 Å². The molecule has 0 aliphatic heterocycles. The molecule has 0 aromatic heterocycles. The van der Waals surface area contributed by atoms with Gasteiger partial charge in [-0.25, -0.2) is 8.78 Å². The molecule has 0 spiro atoms. The highest BCUT2D eigenvalue weighted by Crippen LogP contribution is 2.28. The third-order valence-corrected chi connectivity index (χ3v) is 3.54. The summed E-state index contributed by atoms with van der Waals surface area (Å²) >= 11 is 0. The SMILES string of the molecule is Cc1cc(-c2ccc(CNC(C)C)cc2C)c(F)cc1F. The molecule has 0 fully saturated rings. The van der Waals surface area contributed by atoms with Crippen LogP contribution in [-0.2, 0) is 6.54 Å². The molecule has 0 aliphatic rings. The minimum atomic E-state index is -0.519. The van der Waals surface area contributed by atoms with Crippen molar-refractivity contribution in [3.05, 3.63) is 58.7 Å². The Balaban J connectivity index is 2.35. The Labute approximate surface area is 125 Å². The molecule has 112 valence electrons. The summed E-state index contributed by atoms with van der Waals surface area (Å²) in [5.41, 5.74) is 3.86. The van der Waals surface area contributed by atoms with Crippen molar-refractivity contribution in [2.24, 2.45) is 0 Å². The van der Waals surface area contributed by atoms with E-state index in [1.54, 1.807) is 13.0 Å². The van der Waals surface area contributed by atoms with E-state index in [0.717, 1.165) is 29.3 Å². The molecule has 0 bridgehead atoms. The molecule has 3 heteroatoms. The maximum Gasteiger partial charge on any atom is 0.133 e. The largest absolute Gasteiger partial charge is 0.310 e. The number of benzene rings is 2. The average molecular weight is 289 g/mol.